The highest BCUT2D eigenvalue weighted by molar-refractivity contribution is 5.35. The fourth-order valence-corrected chi connectivity index (χ4v) is 3.25. The lowest BCUT2D eigenvalue weighted by molar-refractivity contribution is -0.0428. The van der Waals surface area contributed by atoms with Crippen LogP contribution in [-0.4, -0.2) is 21.5 Å². The molecular weight excluding hydrogens is 214 g/mol. The van der Waals surface area contributed by atoms with Crippen LogP contribution >= 0.6 is 0 Å². The predicted molar refractivity (Wildman–Crippen MR) is 66.7 cm³/mol. The van der Waals surface area contributed by atoms with Gasteiger partial charge in [0, 0.05) is 11.8 Å². The summed E-state index contributed by atoms with van der Waals surface area (Å²) in [6.45, 7) is 2.84. The Labute approximate surface area is 102 Å². The van der Waals surface area contributed by atoms with E-state index < -0.39 is 0 Å². The van der Waals surface area contributed by atoms with E-state index in [1.54, 1.807) is 0 Å². The van der Waals surface area contributed by atoms with E-state index in [0.717, 1.165) is 12.1 Å². The molecule has 1 aromatic rings. The van der Waals surface area contributed by atoms with Crippen LogP contribution in [0.3, 0.4) is 0 Å². The van der Waals surface area contributed by atoms with Crippen LogP contribution in [-0.2, 0) is 11.3 Å². The topological polar surface area (TPSA) is 53.1 Å². The molecule has 2 heterocycles. The highest BCUT2D eigenvalue weighted by atomic mass is 16.5. The zero-order chi connectivity index (χ0) is 11.9. The molecule has 4 heteroatoms. The zero-order valence-corrected chi connectivity index (χ0v) is 10.5. The molecule has 1 unspecified atom stereocenters. The maximum absolute atomic E-state index is 6.26. The van der Waals surface area contributed by atoms with Crippen LogP contribution in [0.4, 0.5) is 5.82 Å². The number of hydrogen-bond donors (Lipinski definition) is 1. The van der Waals surface area contributed by atoms with Gasteiger partial charge in [0.2, 0.25) is 0 Å². The van der Waals surface area contributed by atoms with E-state index in [4.69, 9.17) is 10.5 Å². The van der Waals surface area contributed by atoms with Crippen molar-refractivity contribution in [3.63, 3.8) is 0 Å². The molecule has 1 aliphatic carbocycles. The van der Waals surface area contributed by atoms with Gasteiger partial charge in [-0.1, -0.05) is 12.8 Å². The Morgan fingerprint density at radius 2 is 2.24 bits per heavy atom. The molecule has 2 aliphatic rings. The highest BCUT2D eigenvalue weighted by Crippen LogP contribution is 2.43. The fraction of sp³-hybridized carbons (Fsp3) is 0.769. The first kappa shape index (κ1) is 11.1. The van der Waals surface area contributed by atoms with Gasteiger partial charge in [0.25, 0.3) is 0 Å². The number of nitrogens with zero attached hydrogens (tertiary/aromatic N) is 2. The third-order valence-corrected chi connectivity index (χ3v) is 4.23. The van der Waals surface area contributed by atoms with Gasteiger partial charge in [0.1, 0.15) is 5.82 Å². The summed E-state index contributed by atoms with van der Waals surface area (Å²) in [5.41, 5.74) is 7.03. The van der Waals surface area contributed by atoms with Gasteiger partial charge < -0.3 is 10.5 Å². The molecule has 17 heavy (non-hydrogen) atoms. The van der Waals surface area contributed by atoms with Crippen LogP contribution in [0, 0.1) is 6.92 Å². The highest BCUT2D eigenvalue weighted by Gasteiger charge is 2.42. The Kier molecular flexibility index (Phi) is 2.62. The first-order valence-corrected chi connectivity index (χ1v) is 6.64. The van der Waals surface area contributed by atoms with Gasteiger partial charge in [-0.15, -0.1) is 0 Å². The normalized spacial score (nSPS) is 27.0. The maximum Gasteiger partial charge on any atom is 0.148 e. The minimum absolute atomic E-state index is 0.221. The number of hydrogen-bond acceptors (Lipinski definition) is 3. The quantitative estimate of drug-likeness (QED) is 0.855. The Bertz CT molecular complexity index is 387. The minimum atomic E-state index is 0.221. The van der Waals surface area contributed by atoms with Crippen molar-refractivity contribution in [2.45, 2.75) is 63.7 Å². The lowest BCUT2D eigenvalue weighted by atomic mass is 9.98. The van der Waals surface area contributed by atoms with Crippen LogP contribution in [0.1, 0.15) is 44.1 Å². The second-order valence-electron chi connectivity index (χ2n) is 5.59. The second-order valence-corrected chi connectivity index (χ2v) is 5.59. The van der Waals surface area contributed by atoms with Gasteiger partial charge in [0.05, 0.1) is 18.2 Å². The molecule has 0 bridgehead atoms. The summed E-state index contributed by atoms with van der Waals surface area (Å²) >= 11 is 0. The molecule has 1 spiro atoms. The Morgan fingerprint density at radius 3 is 2.88 bits per heavy atom. The lowest BCUT2D eigenvalue weighted by Crippen LogP contribution is -2.26. The Morgan fingerprint density at radius 1 is 1.47 bits per heavy atom. The minimum Gasteiger partial charge on any atom is -0.382 e. The third-order valence-electron chi connectivity index (χ3n) is 4.23. The predicted octanol–water partition coefficient (Wildman–Crippen LogP) is 2.27. The van der Waals surface area contributed by atoms with E-state index in [2.05, 4.69) is 5.10 Å². The molecule has 0 amide bonds. The SMILES string of the molecule is Cc1cn(CC2CCC3(CCCC3)O2)nc1N. The van der Waals surface area contributed by atoms with Crippen molar-refractivity contribution in [3.8, 4) is 0 Å². The standard InChI is InChI=1S/C13H21N3O/c1-10-8-16(15-12(10)14)9-11-4-7-13(17-11)5-2-3-6-13/h8,11H,2-7,9H2,1H3,(H2,14,15). The number of aryl methyl sites for hydroxylation is 1. The van der Waals surface area contributed by atoms with Crippen LogP contribution in [0.15, 0.2) is 6.20 Å². The van der Waals surface area contributed by atoms with Crippen LogP contribution in [0.5, 0.6) is 0 Å². The van der Waals surface area contributed by atoms with Crippen LogP contribution in [0.2, 0.25) is 0 Å². The van der Waals surface area contributed by atoms with Gasteiger partial charge in [-0.3, -0.25) is 4.68 Å². The zero-order valence-electron chi connectivity index (χ0n) is 10.5. The van der Waals surface area contributed by atoms with Gasteiger partial charge in [-0.25, -0.2) is 0 Å². The smallest absolute Gasteiger partial charge is 0.148 e. The van der Waals surface area contributed by atoms with E-state index in [1.807, 2.05) is 17.8 Å². The summed E-state index contributed by atoms with van der Waals surface area (Å²) in [4.78, 5) is 0. The molecule has 4 nitrogen and oxygen atoms in total. The molecule has 1 saturated heterocycles. The number of nitrogens with two attached hydrogens (primary N) is 1. The van der Waals surface area contributed by atoms with E-state index in [9.17, 15) is 0 Å². The lowest BCUT2D eigenvalue weighted by Gasteiger charge is -2.23. The molecular formula is C13H21N3O. The second kappa shape index (κ2) is 4.02. The van der Waals surface area contributed by atoms with E-state index in [1.165, 1.54) is 38.5 Å². The van der Waals surface area contributed by atoms with Crippen LogP contribution in [0.25, 0.3) is 0 Å². The molecule has 2 N–H and O–H groups in total. The molecule has 2 fully saturated rings. The van der Waals surface area contributed by atoms with E-state index in [-0.39, 0.29) is 5.60 Å². The summed E-state index contributed by atoms with van der Waals surface area (Å²) in [5.74, 6) is 0.638. The summed E-state index contributed by atoms with van der Waals surface area (Å²) in [6.07, 6.45) is 9.91. The number of anilines is 1. The van der Waals surface area contributed by atoms with Crippen LogP contribution < -0.4 is 5.73 Å². The number of nitrogen functional groups attached to an aromatic ring is 1. The molecule has 1 aliphatic heterocycles. The monoisotopic (exact) mass is 235 g/mol. The van der Waals surface area contributed by atoms with Crippen molar-refractivity contribution in [1.82, 2.24) is 9.78 Å². The van der Waals surface area contributed by atoms with Crippen molar-refractivity contribution in [3.05, 3.63) is 11.8 Å². The van der Waals surface area contributed by atoms with E-state index >= 15 is 0 Å². The molecule has 3 rings (SSSR count). The number of rotatable bonds is 2. The number of ether oxygens (including phenoxy) is 1. The van der Waals surface area contributed by atoms with Crippen molar-refractivity contribution in [1.29, 1.82) is 0 Å². The van der Waals surface area contributed by atoms with Crippen molar-refractivity contribution < 1.29 is 4.74 Å². The van der Waals surface area contributed by atoms with Crippen molar-refractivity contribution in [2.24, 2.45) is 0 Å². The average molecular weight is 235 g/mol. The summed E-state index contributed by atoms with van der Waals surface area (Å²) in [6, 6.07) is 0. The Balaban J connectivity index is 1.63. The van der Waals surface area contributed by atoms with Crippen molar-refractivity contribution in [2.75, 3.05) is 5.73 Å². The molecule has 1 aromatic heterocycles. The van der Waals surface area contributed by atoms with Crippen molar-refractivity contribution >= 4 is 5.82 Å². The summed E-state index contributed by atoms with van der Waals surface area (Å²) in [7, 11) is 0. The maximum atomic E-state index is 6.26. The van der Waals surface area contributed by atoms with E-state index in [0.29, 0.717) is 11.9 Å². The average Bonchev–Trinajstić information content (AvgIpc) is 2.96. The molecule has 1 saturated carbocycles. The van der Waals surface area contributed by atoms with Gasteiger partial charge in [-0.05, 0) is 32.6 Å². The molecule has 94 valence electrons. The first-order chi connectivity index (χ1) is 8.17. The summed E-state index contributed by atoms with van der Waals surface area (Å²) < 4.78 is 8.20. The molecule has 0 aromatic carbocycles. The third kappa shape index (κ3) is 2.06. The Hall–Kier alpha value is -1.03. The first-order valence-electron chi connectivity index (χ1n) is 6.64. The van der Waals surface area contributed by atoms with Gasteiger partial charge >= 0.3 is 0 Å². The number of aromatic nitrogens is 2. The largest absolute Gasteiger partial charge is 0.382 e. The molecule has 1 atom stereocenters. The molecule has 0 radical (unpaired) electrons. The van der Waals surface area contributed by atoms with Gasteiger partial charge in [0.15, 0.2) is 0 Å². The fourth-order valence-electron chi connectivity index (χ4n) is 3.25. The summed E-state index contributed by atoms with van der Waals surface area (Å²) in [5, 5.41) is 4.30. The van der Waals surface area contributed by atoms with Gasteiger partial charge in [-0.2, -0.15) is 5.10 Å².